The second-order valence-electron chi connectivity index (χ2n) is 4.20. The number of hydrogen-bond acceptors (Lipinski definition) is 1. The first-order chi connectivity index (χ1) is 8.36. The Labute approximate surface area is 106 Å². The zero-order chi connectivity index (χ0) is 12.3. The molecule has 0 aliphatic rings. The van der Waals surface area contributed by atoms with Crippen LogP contribution in [0.15, 0.2) is 30.8 Å². The van der Waals surface area contributed by atoms with Crippen LogP contribution in [0.25, 0.3) is 6.08 Å². The van der Waals surface area contributed by atoms with E-state index >= 15 is 0 Å². The molecule has 0 unspecified atom stereocenters. The Morgan fingerprint density at radius 2 is 1.76 bits per heavy atom. The number of benzene rings is 1. The van der Waals surface area contributed by atoms with Crippen molar-refractivity contribution in [3.63, 3.8) is 0 Å². The molecule has 0 aliphatic carbocycles. The molecule has 0 aliphatic heterocycles. The molecule has 1 aromatic carbocycles. The van der Waals surface area contributed by atoms with Crippen molar-refractivity contribution in [2.75, 3.05) is 6.61 Å². The molecule has 0 aromatic heterocycles. The molecule has 1 nitrogen and oxygen atoms in total. The number of unbranched alkanes of at least 4 members (excludes halogenated alkanes) is 3. The average molecular weight is 228 g/mol. The predicted octanol–water partition coefficient (Wildman–Crippen LogP) is 3.99. The van der Waals surface area contributed by atoms with Crippen LogP contribution in [0.4, 0.5) is 0 Å². The maximum atomic E-state index is 5.62. The van der Waals surface area contributed by atoms with Gasteiger partial charge in [0.05, 0.1) is 14.5 Å². The second-order valence-corrected chi connectivity index (χ2v) is 4.20. The smallest absolute Gasteiger partial charge is 0.0716 e. The Morgan fingerprint density at radius 1 is 1.06 bits per heavy atom. The van der Waals surface area contributed by atoms with Gasteiger partial charge in [0, 0.05) is 6.61 Å². The van der Waals surface area contributed by atoms with Gasteiger partial charge in [0.25, 0.3) is 0 Å². The summed E-state index contributed by atoms with van der Waals surface area (Å²) in [6, 6.07) is 8.30. The third-order valence-corrected chi connectivity index (χ3v) is 2.73. The summed E-state index contributed by atoms with van der Waals surface area (Å²) in [5, 5.41) is 0. The van der Waals surface area contributed by atoms with Crippen molar-refractivity contribution in [1.82, 2.24) is 0 Å². The molecule has 0 fully saturated rings. The maximum Gasteiger partial charge on any atom is 0.0716 e. The van der Waals surface area contributed by atoms with E-state index in [2.05, 4.69) is 30.8 Å². The third-order valence-electron chi connectivity index (χ3n) is 2.73. The zero-order valence-corrected chi connectivity index (χ0v) is 10.5. The van der Waals surface area contributed by atoms with E-state index in [1.807, 2.05) is 6.08 Å². The summed E-state index contributed by atoms with van der Waals surface area (Å²) in [5.74, 6) is 0. The van der Waals surface area contributed by atoms with Crippen molar-refractivity contribution in [2.24, 2.45) is 0 Å². The van der Waals surface area contributed by atoms with E-state index in [4.69, 9.17) is 12.6 Å². The lowest BCUT2D eigenvalue weighted by atomic mass is 9.99. The highest BCUT2D eigenvalue weighted by Gasteiger charge is 1.94. The summed E-state index contributed by atoms with van der Waals surface area (Å²) in [4.78, 5) is 0. The van der Waals surface area contributed by atoms with E-state index in [9.17, 15) is 0 Å². The summed E-state index contributed by atoms with van der Waals surface area (Å²) >= 11 is 0. The minimum absolute atomic E-state index is 0.703. The SMILES string of the molecule is [B]CCCCCCOCc1ccc(C=C)cc1. The third kappa shape index (κ3) is 6.33. The van der Waals surface area contributed by atoms with Gasteiger partial charge in [-0.15, -0.1) is 0 Å². The monoisotopic (exact) mass is 228 g/mol. The van der Waals surface area contributed by atoms with Gasteiger partial charge in [0.15, 0.2) is 0 Å². The summed E-state index contributed by atoms with van der Waals surface area (Å²) < 4.78 is 5.62. The van der Waals surface area contributed by atoms with Gasteiger partial charge in [-0.05, 0) is 17.5 Å². The number of hydrogen-bond donors (Lipinski definition) is 0. The summed E-state index contributed by atoms with van der Waals surface area (Å²) in [5.41, 5.74) is 2.37. The average Bonchev–Trinajstić information content (AvgIpc) is 2.38. The molecule has 0 amide bonds. The van der Waals surface area contributed by atoms with E-state index < -0.39 is 0 Å². The molecule has 0 atom stereocenters. The quantitative estimate of drug-likeness (QED) is 0.458. The lowest BCUT2D eigenvalue weighted by Crippen LogP contribution is -1.95. The maximum absolute atomic E-state index is 5.62. The van der Waals surface area contributed by atoms with E-state index in [1.165, 1.54) is 18.4 Å². The van der Waals surface area contributed by atoms with Gasteiger partial charge in [-0.2, -0.15) is 0 Å². The molecule has 90 valence electrons. The van der Waals surface area contributed by atoms with Crippen molar-refractivity contribution in [1.29, 1.82) is 0 Å². The highest BCUT2D eigenvalue weighted by molar-refractivity contribution is 6.08. The molecule has 0 saturated heterocycles. The van der Waals surface area contributed by atoms with Gasteiger partial charge in [-0.25, -0.2) is 0 Å². The first kappa shape index (κ1) is 14.0. The molecule has 0 spiro atoms. The fraction of sp³-hybridized carbons (Fsp3) is 0.467. The Hall–Kier alpha value is -1.02. The molecule has 0 N–H and O–H groups in total. The molecular weight excluding hydrogens is 207 g/mol. The van der Waals surface area contributed by atoms with Crippen LogP contribution in [0.5, 0.6) is 0 Å². The first-order valence-corrected chi connectivity index (χ1v) is 6.36. The lowest BCUT2D eigenvalue weighted by molar-refractivity contribution is 0.117. The molecule has 1 rings (SSSR count). The van der Waals surface area contributed by atoms with E-state index in [0.717, 1.165) is 31.3 Å². The van der Waals surface area contributed by atoms with Gasteiger partial charge in [-0.3, -0.25) is 0 Å². The Bertz CT molecular complexity index is 305. The van der Waals surface area contributed by atoms with Crippen molar-refractivity contribution in [3.05, 3.63) is 42.0 Å². The van der Waals surface area contributed by atoms with Crippen LogP contribution in [0.2, 0.25) is 6.32 Å². The van der Waals surface area contributed by atoms with Gasteiger partial charge in [0.2, 0.25) is 0 Å². The van der Waals surface area contributed by atoms with E-state index in [-0.39, 0.29) is 0 Å². The zero-order valence-electron chi connectivity index (χ0n) is 10.5. The minimum Gasteiger partial charge on any atom is -0.377 e. The molecule has 0 heterocycles. The van der Waals surface area contributed by atoms with Crippen LogP contribution in [-0.4, -0.2) is 14.5 Å². The minimum atomic E-state index is 0.703. The standard InChI is InChI=1S/C15H21BO/c1-2-14-7-9-15(10-8-14)13-17-12-6-4-3-5-11-16/h2,7-10H,1,3-6,11-13H2. The predicted molar refractivity (Wildman–Crippen MR) is 75.2 cm³/mol. The normalized spacial score (nSPS) is 10.4. The molecule has 17 heavy (non-hydrogen) atoms. The van der Waals surface area contributed by atoms with Crippen LogP contribution in [0, 0.1) is 0 Å². The van der Waals surface area contributed by atoms with Crippen molar-refractivity contribution < 1.29 is 4.74 Å². The number of rotatable bonds is 9. The highest BCUT2D eigenvalue weighted by atomic mass is 16.5. The molecular formula is C15H21BO. The van der Waals surface area contributed by atoms with Gasteiger partial charge in [0.1, 0.15) is 0 Å². The highest BCUT2D eigenvalue weighted by Crippen LogP contribution is 2.07. The van der Waals surface area contributed by atoms with Crippen molar-refractivity contribution in [2.45, 2.75) is 38.6 Å². The summed E-state index contributed by atoms with van der Waals surface area (Å²) in [7, 11) is 5.43. The molecule has 0 bridgehead atoms. The fourth-order valence-electron chi connectivity index (χ4n) is 1.64. The van der Waals surface area contributed by atoms with Gasteiger partial charge in [-0.1, -0.05) is 62.5 Å². The summed E-state index contributed by atoms with van der Waals surface area (Å²) in [6.45, 7) is 5.28. The fourth-order valence-corrected chi connectivity index (χ4v) is 1.64. The van der Waals surface area contributed by atoms with Crippen molar-refractivity contribution >= 4 is 13.9 Å². The largest absolute Gasteiger partial charge is 0.377 e. The van der Waals surface area contributed by atoms with Crippen molar-refractivity contribution in [3.8, 4) is 0 Å². The second kappa shape index (κ2) is 9.06. The van der Waals surface area contributed by atoms with Crippen LogP contribution < -0.4 is 0 Å². The first-order valence-electron chi connectivity index (χ1n) is 6.36. The number of ether oxygens (including phenoxy) is 1. The van der Waals surface area contributed by atoms with Crippen LogP contribution >= 0.6 is 0 Å². The summed E-state index contributed by atoms with van der Waals surface area (Å²) in [6.07, 6.45) is 7.34. The lowest BCUT2D eigenvalue weighted by Gasteiger charge is -2.04. The molecule has 1 aromatic rings. The topological polar surface area (TPSA) is 9.23 Å². The van der Waals surface area contributed by atoms with E-state index in [0.29, 0.717) is 6.61 Å². The molecule has 0 saturated carbocycles. The van der Waals surface area contributed by atoms with E-state index in [1.54, 1.807) is 0 Å². The Morgan fingerprint density at radius 3 is 2.41 bits per heavy atom. The van der Waals surface area contributed by atoms with Gasteiger partial charge >= 0.3 is 0 Å². The van der Waals surface area contributed by atoms with Crippen LogP contribution in [0.1, 0.15) is 36.8 Å². The Balaban J connectivity index is 2.07. The van der Waals surface area contributed by atoms with Crippen LogP contribution in [-0.2, 0) is 11.3 Å². The van der Waals surface area contributed by atoms with Crippen LogP contribution in [0.3, 0.4) is 0 Å². The molecule has 2 heteroatoms. The Kier molecular flexibility index (Phi) is 7.49. The van der Waals surface area contributed by atoms with Gasteiger partial charge < -0.3 is 4.74 Å². The molecule has 2 radical (unpaired) electrons.